The van der Waals surface area contributed by atoms with Gasteiger partial charge in [0.25, 0.3) is 0 Å². The Labute approximate surface area is 131 Å². The molecule has 0 aromatic rings. The SMILES string of the molecule is C[C@@H](O)[C@@H](CO[Si](C)(C)C(C)(C)C)CC(=O)OC(C)(C)C. The maximum Gasteiger partial charge on any atom is 0.306 e. The van der Waals surface area contributed by atoms with Gasteiger partial charge in [-0.15, -0.1) is 0 Å². The molecule has 0 aliphatic rings. The second-order valence-corrected chi connectivity index (χ2v) is 13.2. The molecule has 0 amide bonds. The van der Waals surface area contributed by atoms with Crippen LogP contribution >= 0.6 is 0 Å². The van der Waals surface area contributed by atoms with Crippen molar-refractivity contribution in [2.45, 2.75) is 84.7 Å². The first kappa shape index (κ1) is 20.6. The average molecular weight is 319 g/mol. The number of carbonyl (C=O) groups excluding carboxylic acids is 1. The fourth-order valence-corrected chi connectivity index (χ4v) is 2.56. The number of carbonyl (C=O) groups is 1. The molecule has 0 fully saturated rings. The minimum Gasteiger partial charge on any atom is -0.460 e. The predicted octanol–water partition coefficient (Wildman–Crippen LogP) is 3.74. The van der Waals surface area contributed by atoms with Crippen LogP contribution in [0.4, 0.5) is 0 Å². The summed E-state index contributed by atoms with van der Waals surface area (Å²) in [4.78, 5) is 11.9. The molecule has 0 aromatic heterocycles. The van der Waals surface area contributed by atoms with Crippen LogP contribution in [0.2, 0.25) is 18.1 Å². The normalized spacial score (nSPS) is 16.5. The quantitative estimate of drug-likeness (QED) is 0.599. The molecule has 4 nitrogen and oxygen atoms in total. The summed E-state index contributed by atoms with van der Waals surface area (Å²) in [5.74, 6) is -0.513. The minimum atomic E-state index is -1.87. The van der Waals surface area contributed by atoms with E-state index in [1.165, 1.54) is 0 Å². The van der Waals surface area contributed by atoms with Gasteiger partial charge < -0.3 is 14.3 Å². The Morgan fingerprint density at radius 3 is 1.95 bits per heavy atom. The fraction of sp³-hybridized carbons (Fsp3) is 0.938. The van der Waals surface area contributed by atoms with Crippen molar-refractivity contribution >= 4 is 14.3 Å². The van der Waals surface area contributed by atoms with Crippen LogP contribution in [-0.4, -0.2) is 37.7 Å². The predicted molar refractivity (Wildman–Crippen MR) is 88.8 cm³/mol. The van der Waals surface area contributed by atoms with Crippen LogP contribution in [0.25, 0.3) is 0 Å². The molecule has 0 aliphatic heterocycles. The molecule has 0 heterocycles. The van der Waals surface area contributed by atoms with Crippen molar-refractivity contribution in [3.63, 3.8) is 0 Å². The van der Waals surface area contributed by atoms with E-state index in [1.807, 2.05) is 20.8 Å². The Hall–Kier alpha value is -0.393. The van der Waals surface area contributed by atoms with Gasteiger partial charge in [-0.2, -0.15) is 0 Å². The Morgan fingerprint density at radius 1 is 1.14 bits per heavy atom. The lowest BCUT2D eigenvalue weighted by Gasteiger charge is -2.37. The number of ether oxygens (including phenoxy) is 1. The third-order valence-electron chi connectivity index (χ3n) is 4.00. The van der Waals surface area contributed by atoms with E-state index < -0.39 is 20.0 Å². The topological polar surface area (TPSA) is 55.8 Å². The van der Waals surface area contributed by atoms with E-state index in [0.29, 0.717) is 6.61 Å². The Bertz CT molecular complexity index is 337. The lowest BCUT2D eigenvalue weighted by molar-refractivity contribution is -0.157. The molecule has 0 saturated carbocycles. The van der Waals surface area contributed by atoms with Crippen LogP contribution in [-0.2, 0) is 14.0 Å². The van der Waals surface area contributed by atoms with E-state index in [-0.39, 0.29) is 23.3 Å². The van der Waals surface area contributed by atoms with Gasteiger partial charge in [-0.25, -0.2) is 0 Å². The van der Waals surface area contributed by atoms with E-state index >= 15 is 0 Å². The summed E-state index contributed by atoms with van der Waals surface area (Å²) in [6.07, 6.45) is -0.411. The molecular weight excluding hydrogens is 284 g/mol. The largest absolute Gasteiger partial charge is 0.460 e. The number of rotatable bonds is 6. The van der Waals surface area contributed by atoms with Crippen molar-refractivity contribution in [1.82, 2.24) is 0 Å². The molecule has 0 bridgehead atoms. The van der Waals surface area contributed by atoms with Crippen molar-refractivity contribution in [3.8, 4) is 0 Å². The lowest BCUT2D eigenvalue weighted by atomic mass is 10.0. The molecule has 0 radical (unpaired) electrons. The van der Waals surface area contributed by atoms with Crippen molar-refractivity contribution in [3.05, 3.63) is 0 Å². The smallest absolute Gasteiger partial charge is 0.306 e. The third-order valence-corrected chi connectivity index (χ3v) is 8.50. The Morgan fingerprint density at radius 2 is 1.62 bits per heavy atom. The molecule has 0 rings (SSSR count). The summed E-state index contributed by atoms with van der Waals surface area (Å²) in [7, 11) is -1.87. The zero-order valence-electron chi connectivity index (χ0n) is 15.2. The van der Waals surface area contributed by atoms with Gasteiger partial charge in [0.2, 0.25) is 0 Å². The summed E-state index contributed by atoms with van der Waals surface area (Å²) in [6.45, 7) is 18.5. The van der Waals surface area contributed by atoms with Gasteiger partial charge in [0.15, 0.2) is 8.32 Å². The molecule has 0 spiro atoms. The summed E-state index contributed by atoms with van der Waals surface area (Å²) in [6, 6.07) is 0. The average Bonchev–Trinajstić information content (AvgIpc) is 2.19. The molecule has 0 unspecified atom stereocenters. The Balaban J connectivity index is 4.63. The molecule has 2 atom stereocenters. The zero-order valence-corrected chi connectivity index (χ0v) is 16.2. The van der Waals surface area contributed by atoms with Crippen molar-refractivity contribution in [2.24, 2.45) is 5.92 Å². The van der Waals surface area contributed by atoms with Crippen LogP contribution in [0.1, 0.15) is 54.9 Å². The van der Waals surface area contributed by atoms with Gasteiger partial charge in [0.1, 0.15) is 5.60 Å². The summed E-state index contributed by atoms with van der Waals surface area (Å²) in [5, 5.41) is 10.00. The van der Waals surface area contributed by atoms with E-state index in [4.69, 9.17) is 9.16 Å². The maximum absolute atomic E-state index is 11.9. The van der Waals surface area contributed by atoms with E-state index in [2.05, 4.69) is 33.9 Å². The van der Waals surface area contributed by atoms with E-state index in [9.17, 15) is 9.90 Å². The summed E-state index contributed by atoms with van der Waals surface area (Å²) >= 11 is 0. The first-order chi connectivity index (χ1) is 9.16. The van der Waals surface area contributed by atoms with Gasteiger partial charge in [0.05, 0.1) is 12.5 Å². The van der Waals surface area contributed by atoms with Gasteiger partial charge >= 0.3 is 5.97 Å². The fourth-order valence-electron chi connectivity index (χ4n) is 1.50. The van der Waals surface area contributed by atoms with Crippen LogP contribution in [0.15, 0.2) is 0 Å². The maximum atomic E-state index is 11.9. The minimum absolute atomic E-state index is 0.113. The van der Waals surface area contributed by atoms with Gasteiger partial charge in [0, 0.05) is 12.5 Å². The molecule has 5 heteroatoms. The second-order valence-electron chi connectivity index (χ2n) is 8.36. The molecule has 0 saturated heterocycles. The highest BCUT2D eigenvalue weighted by Gasteiger charge is 2.38. The molecular formula is C16H34O4Si. The Kier molecular flexibility index (Phi) is 7.11. The first-order valence-corrected chi connectivity index (χ1v) is 10.6. The zero-order chi connectivity index (χ0) is 17.1. The van der Waals surface area contributed by atoms with Gasteiger partial charge in [-0.3, -0.25) is 4.79 Å². The summed E-state index contributed by atoms with van der Waals surface area (Å²) in [5.41, 5.74) is -0.499. The summed E-state index contributed by atoms with van der Waals surface area (Å²) < 4.78 is 11.4. The van der Waals surface area contributed by atoms with Crippen LogP contribution in [0.5, 0.6) is 0 Å². The standard InChI is InChI=1S/C16H34O4Si/c1-12(17)13(10-14(18)20-15(2,3)4)11-19-21(8,9)16(5,6)7/h12-13,17H,10-11H2,1-9H3/t12-,13-/m1/s1. The third kappa shape index (κ3) is 7.98. The number of esters is 1. The van der Waals surface area contributed by atoms with E-state index in [1.54, 1.807) is 6.92 Å². The molecule has 21 heavy (non-hydrogen) atoms. The van der Waals surface area contributed by atoms with Crippen LogP contribution < -0.4 is 0 Å². The molecule has 126 valence electrons. The van der Waals surface area contributed by atoms with Gasteiger partial charge in [-0.1, -0.05) is 20.8 Å². The van der Waals surface area contributed by atoms with Crippen molar-refractivity contribution < 1.29 is 19.1 Å². The molecule has 1 N–H and O–H groups in total. The second kappa shape index (κ2) is 7.25. The monoisotopic (exact) mass is 318 g/mol. The highest BCUT2D eigenvalue weighted by atomic mass is 28.4. The molecule has 0 aliphatic carbocycles. The number of aliphatic hydroxyl groups excluding tert-OH is 1. The number of aliphatic hydroxyl groups is 1. The van der Waals surface area contributed by atoms with Crippen LogP contribution in [0.3, 0.4) is 0 Å². The highest BCUT2D eigenvalue weighted by molar-refractivity contribution is 6.74. The van der Waals surface area contributed by atoms with Crippen LogP contribution in [0, 0.1) is 5.92 Å². The lowest BCUT2D eigenvalue weighted by Crippen LogP contribution is -2.43. The number of hydrogen-bond acceptors (Lipinski definition) is 4. The van der Waals surface area contributed by atoms with Crippen molar-refractivity contribution in [1.29, 1.82) is 0 Å². The highest BCUT2D eigenvalue weighted by Crippen LogP contribution is 2.37. The molecule has 0 aromatic carbocycles. The van der Waals surface area contributed by atoms with Crippen molar-refractivity contribution in [2.75, 3.05) is 6.61 Å². The number of hydrogen-bond donors (Lipinski definition) is 1. The van der Waals surface area contributed by atoms with Gasteiger partial charge in [-0.05, 0) is 45.8 Å². The van der Waals surface area contributed by atoms with E-state index in [0.717, 1.165) is 0 Å². The first-order valence-electron chi connectivity index (χ1n) is 7.69.